The summed E-state index contributed by atoms with van der Waals surface area (Å²) < 4.78 is 0. The number of hydrogen-bond donors (Lipinski definition) is 0. The first-order valence-electron chi connectivity index (χ1n) is 6.82. The fraction of sp³-hybridized carbons (Fsp3) is 0.250. The largest absolute Gasteiger partial charge is 0.255 e. The smallest absolute Gasteiger partial charge is 0.126 e. The Morgan fingerprint density at radius 1 is 1.20 bits per heavy atom. The van der Waals surface area contributed by atoms with Gasteiger partial charge in [0.25, 0.3) is 0 Å². The van der Waals surface area contributed by atoms with Gasteiger partial charge >= 0.3 is 0 Å². The molecular weight excluding hydrogens is 288 g/mol. The number of thiazole rings is 1. The quantitative estimate of drug-likeness (QED) is 0.643. The summed E-state index contributed by atoms with van der Waals surface area (Å²) in [7, 11) is 0. The molecule has 1 aliphatic carbocycles. The number of aromatic nitrogens is 2. The van der Waals surface area contributed by atoms with E-state index in [0.29, 0.717) is 5.92 Å². The molecule has 4 heteroatoms. The third kappa shape index (κ3) is 1.93. The van der Waals surface area contributed by atoms with Gasteiger partial charge in [0.15, 0.2) is 0 Å². The monoisotopic (exact) mass is 300 g/mol. The Balaban J connectivity index is 1.81. The molecule has 20 heavy (non-hydrogen) atoms. The maximum absolute atomic E-state index is 6.54. The van der Waals surface area contributed by atoms with Crippen LogP contribution in [0.2, 0.25) is 5.02 Å². The number of fused-ring (bicyclic) bond motifs is 1. The van der Waals surface area contributed by atoms with Crippen LogP contribution in [0.25, 0.3) is 21.5 Å². The molecule has 3 aromatic rings. The van der Waals surface area contributed by atoms with E-state index in [2.05, 4.69) is 10.4 Å². The van der Waals surface area contributed by atoms with Crippen LogP contribution in [0.1, 0.15) is 30.9 Å². The Kier molecular flexibility index (Phi) is 2.97. The summed E-state index contributed by atoms with van der Waals surface area (Å²) in [4.78, 5) is 9.25. The summed E-state index contributed by atoms with van der Waals surface area (Å²) in [5.74, 6) is 0.659. The summed E-state index contributed by atoms with van der Waals surface area (Å²) >= 11 is 8.21. The molecule has 2 nitrogen and oxygen atoms in total. The number of rotatable bonds is 2. The van der Waals surface area contributed by atoms with Crippen molar-refractivity contribution in [3.8, 4) is 10.6 Å². The topological polar surface area (TPSA) is 25.8 Å². The zero-order chi connectivity index (χ0) is 13.5. The van der Waals surface area contributed by atoms with Crippen LogP contribution in [0, 0.1) is 0 Å². The summed E-state index contributed by atoms with van der Waals surface area (Å²) in [6, 6.07) is 7.95. The highest BCUT2D eigenvalue weighted by molar-refractivity contribution is 7.13. The van der Waals surface area contributed by atoms with Gasteiger partial charge in [-0.05, 0) is 18.9 Å². The molecule has 0 spiro atoms. The predicted molar refractivity (Wildman–Crippen MR) is 84.5 cm³/mol. The minimum Gasteiger partial charge on any atom is -0.255 e. The second kappa shape index (κ2) is 4.83. The molecule has 0 bridgehead atoms. The van der Waals surface area contributed by atoms with E-state index in [-0.39, 0.29) is 0 Å². The first-order chi connectivity index (χ1) is 9.83. The second-order valence-corrected chi connectivity index (χ2v) is 6.44. The molecule has 100 valence electrons. The molecule has 0 N–H and O–H groups in total. The summed E-state index contributed by atoms with van der Waals surface area (Å²) in [5.41, 5.74) is 3.10. The van der Waals surface area contributed by atoms with E-state index in [0.717, 1.165) is 26.5 Å². The predicted octanol–water partition coefficient (Wildman–Crippen LogP) is 5.28. The standard InChI is InChI=1S/C16H13ClN2S/c17-15-11-6-1-2-7-13(11)18-8-12(15)16-19-14(9-20-16)10-4-3-5-10/h1-2,6-10H,3-5H2. The lowest BCUT2D eigenvalue weighted by Crippen LogP contribution is -2.08. The lowest BCUT2D eigenvalue weighted by atomic mass is 9.83. The van der Waals surface area contributed by atoms with Crippen molar-refractivity contribution in [3.05, 3.63) is 46.6 Å². The van der Waals surface area contributed by atoms with Gasteiger partial charge in [0, 0.05) is 28.4 Å². The molecule has 1 aliphatic rings. The van der Waals surface area contributed by atoms with Crippen LogP contribution < -0.4 is 0 Å². The molecule has 1 fully saturated rings. The fourth-order valence-corrected chi connectivity index (χ4v) is 3.83. The van der Waals surface area contributed by atoms with Gasteiger partial charge in [-0.15, -0.1) is 11.3 Å². The van der Waals surface area contributed by atoms with Crippen molar-refractivity contribution >= 4 is 33.8 Å². The highest BCUT2D eigenvalue weighted by atomic mass is 35.5. The van der Waals surface area contributed by atoms with Crippen molar-refractivity contribution in [3.63, 3.8) is 0 Å². The van der Waals surface area contributed by atoms with E-state index < -0.39 is 0 Å². The Bertz CT molecular complexity index is 777. The molecule has 0 amide bonds. The van der Waals surface area contributed by atoms with Gasteiger partial charge < -0.3 is 0 Å². The van der Waals surface area contributed by atoms with Gasteiger partial charge in [-0.2, -0.15) is 0 Å². The van der Waals surface area contributed by atoms with Crippen LogP contribution in [-0.4, -0.2) is 9.97 Å². The zero-order valence-electron chi connectivity index (χ0n) is 10.8. The normalized spacial score (nSPS) is 15.4. The molecule has 1 saturated carbocycles. The van der Waals surface area contributed by atoms with Crippen LogP contribution in [0.15, 0.2) is 35.8 Å². The van der Waals surface area contributed by atoms with Gasteiger partial charge in [-0.1, -0.05) is 36.2 Å². The van der Waals surface area contributed by atoms with Crippen LogP contribution >= 0.6 is 22.9 Å². The van der Waals surface area contributed by atoms with Gasteiger partial charge in [0.1, 0.15) is 5.01 Å². The molecule has 0 unspecified atom stereocenters. The number of benzene rings is 1. The van der Waals surface area contributed by atoms with Gasteiger partial charge in [-0.25, -0.2) is 4.98 Å². The van der Waals surface area contributed by atoms with Gasteiger partial charge in [0.05, 0.1) is 16.2 Å². The van der Waals surface area contributed by atoms with Crippen LogP contribution in [0.4, 0.5) is 0 Å². The lowest BCUT2D eigenvalue weighted by Gasteiger charge is -2.23. The molecule has 1 aromatic carbocycles. The maximum atomic E-state index is 6.54. The number of pyridine rings is 1. The highest BCUT2D eigenvalue weighted by Crippen LogP contribution is 2.40. The molecule has 2 heterocycles. The Labute approximate surface area is 126 Å². The number of para-hydroxylation sites is 1. The molecule has 0 saturated heterocycles. The summed E-state index contributed by atoms with van der Waals surface area (Å²) in [6.07, 6.45) is 5.71. The number of nitrogens with zero attached hydrogens (tertiary/aromatic N) is 2. The lowest BCUT2D eigenvalue weighted by molar-refractivity contribution is 0.413. The average molecular weight is 301 g/mol. The molecule has 0 radical (unpaired) electrons. The third-order valence-electron chi connectivity index (χ3n) is 3.99. The first-order valence-corrected chi connectivity index (χ1v) is 8.08. The Morgan fingerprint density at radius 3 is 2.85 bits per heavy atom. The molecular formula is C16H13ClN2S. The molecule has 0 atom stereocenters. The first kappa shape index (κ1) is 12.3. The van der Waals surface area contributed by atoms with Gasteiger partial charge in [-0.3, -0.25) is 4.98 Å². The average Bonchev–Trinajstić information content (AvgIpc) is 2.86. The highest BCUT2D eigenvalue weighted by Gasteiger charge is 2.22. The SMILES string of the molecule is Clc1c(-c2nc(C3CCC3)cs2)cnc2ccccc12. The summed E-state index contributed by atoms with van der Waals surface area (Å²) in [5, 5.41) is 4.90. The van der Waals surface area contributed by atoms with Crippen molar-refractivity contribution in [2.75, 3.05) is 0 Å². The van der Waals surface area contributed by atoms with E-state index in [1.54, 1.807) is 11.3 Å². The van der Waals surface area contributed by atoms with Crippen molar-refractivity contribution in [2.45, 2.75) is 25.2 Å². The Hall–Kier alpha value is -1.45. The fourth-order valence-electron chi connectivity index (χ4n) is 2.56. The van der Waals surface area contributed by atoms with Crippen LogP contribution in [-0.2, 0) is 0 Å². The van der Waals surface area contributed by atoms with E-state index in [9.17, 15) is 0 Å². The minimum atomic E-state index is 0.659. The van der Waals surface area contributed by atoms with Crippen LogP contribution in [0.3, 0.4) is 0 Å². The minimum absolute atomic E-state index is 0.659. The van der Waals surface area contributed by atoms with Crippen molar-refractivity contribution in [2.24, 2.45) is 0 Å². The van der Waals surface area contributed by atoms with Crippen molar-refractivity contribution in [1.29, 1.82) is 0 Å². The number of halogens is 1. The summed E-state index contributed by atoms with van der Waals surface area (Å²) in [6.45, 7) is 0. The van der Waals surface area contributed by atoms with E-state index in [4.69, 9.17) is 16.6 Å². The van der Waals surface area contributed by atoms with Crippen molar-refractivity contribution < 1.29 is 0 Å². The Morgan fingerprint density at radius 2 is 2.05 bits per heavy atom. The zero-order valence-corrected chi connectivity index (χ0v) is 12.4. The molecule has 4 rings (SSSR count). The van der Waals surface area contributed by atoms with Crippen molar-refractivity contribution in [1.82, 2.24) is 9.97 Å². The maximum Gasteiger partial charge on any atom is 0.126 e. The second-order valence-electron chi connectivity index (χ2n) is 5.21. The number of hydrogen-bond acceptors (Lipinski definition) is 3. The van der Waals surface area contributed by atoms with Gasteiger partial charge in [0.2, 0.25) is 0 Å². The van der Waals surface area contributed by atoms with E-state index >= 15 is 0 Å². The molecule has 2 aromatic heterocycles. The van der Waals surface area contributed by atoms with E-state index in [1.807, 2.05) is 30.5 Å². The molecule has 0 aliphatic heterocycles. The van der Waals surface area contributed by atoms with E-state index in [1.165, 1.54) is 25.0 Å². The third-order valence-corrected chi connectivity index (χ3v) is 5.29. The van der Waals surface area contributed by atoms with Crippen LogP contribution in [0.5, 0.6) is 0 Å².